The molecule has 0 aromatic heterocycles. The predicted octanol–water partition coefficient (Wildman–Crippen LogP) is 4.79. The Balaban J connectivity index is 1.97. The number of carbonyl (C=O) groups is 1. The van der Waals surface area contributed by atoms with Gasteiger partial charge in [0, 0.05) is 30.4 Å². The van der Waals surface area contributed by atoms with Crippen LogP contribution in [0.25, 0.3) is 0 Å². The summed E-state index contributed by atoms with van der Waals surface area (Å²) < 4.78 is 5.57. The van der Waals surface area contributed by atoms with Crippen molar-refractivity contribution in [2.45, 2.75) is 19.9 Å². The van der Waals surface area contributed by atoms with Gasteiger partial charge in [0.1, 0.15) is 5.75 Å². The first-order valence-electron chi connectivity index (χ1n) is 7.58. The lowest BCUT2D eigenvalue weighted by atomic mass is 10.2. The number of carbonyl (C=O) groups excluding carboxylic acids is 1. The highest BCUT2D eigenvalue weighted by atomic mass is 35.5. The molecule has 0 aliphatic rings. The van der Waals surface area contributed by atoms with E-state index >= 15 is 0 Å². The van der Waals surface area contributed by atoms with Crippen molar-refractivity contribution in [2.24, 2.45) is 0 Å². The molecule has 0 aliphatic carbocycles. The lowest BCUT2D eigenvalue weighted by Gasteiger charge is -2.19. The first kappa shape index (κ1) is 17.2. The Morgan fingerprint density at radius 1 is 1.22 bits per heavy atom. The molecule has 2 aromatic carbocycles. The number of amides is 2. The van der Waals surface area contributed by atoms with Gasteiger partial charge < -0.3 is 15.0 Å². The highest BCUT2D eigenvalue weighted by Gasteiger charge is 2.11. The first-order valence-corrected chi connectivity index (χ1v) is 7.96. The molecule has 0 fully saturated rings. The Kier molecular flexibility index (Phi) is 6.29. The van der Waals surface area contributed by atoms with Crippen molar-refractivity contribution >= 4 is 23.3 Å². The minimum Gasteiger partial charge on any atom is -0.494 e. The van der Waals surface area contributed by atoms with Crippen LogP contribution in [-0.2, 0) is 6.54 Å². The van der Waals surface area contributed by atoms with Crippen LogP contribution in [0, 0.1) is 0 Å². The SMILES string of the molecule is CCCOc1cccc(NC(=O)N(C)Cc2ccccc2Cl)c1. The van der Waals surface area contributed by atoms with E-state index in [-0.39, 0.29) is 6.03 Å². The second-order valence-corrected chi connectivity index (χ2v) is 5.66. The van der Waals surface area contributed by atoms with Gasteiger partial charge in [-0.05, 0) is 30.2 Å². The fraction of sp³-hybridized carbons (Fsp3) is 0.278. The Labute approximate surface area is 142 Å². The molecule has 0 bridgehead atoms. The number of nitrogens with one attached hydrogen (secondary N) is 1. The second-order valence-electron chi connectivity index (χ2n) is 5.25. The molecule has 5 heteroatoms. The molecule has 2 aromatic rings. The summed E-state index contributed by atoms with van der Waals surface area (Å²) in [5.41, 5.74) is 1.61. The van der Waals surface area contributed by atoms with Crippen molar-refractivity contribution < 1.29 is 9.53 Å². The van der Waals surface area contributed by atoms with Gasteiger partial charge in [0.05, 0.1) is 6.61 Å². The van der Waals surface area contributed by atoms with E-state index in [1.807, 2.05) is 48.5 Å². The quantitative estimate of drug-likeness (QED) is 0.826. The fourth-order valence-corrected chi connectivity index (χ4v) is 2.25. The van der Waals surface area contributed by atoms with Gasteiger partial charge in [-0.3, -0.25) is 0 Å². The number of hydrogen-bond donors (Lipinski definition) is 1. The van der Waals surface area contributed by atoms with Crippen molar-refractivity contribution in [1.82, 2.24) is 4.90 Å². The number of urea groups is 1. The first-order chi connectivity index (χ1) is 11.1. The molecule has 0 unspecified atom stereocenters. The summed E-state index contributed by atoms with van der Waals surface area (Å²) in [6.07, 6.45) is 0.942. The van der Waals surface area contributed by atoms with Crippen molar-refractivity contribution in [2.75, 3.05) is 19.0 Å². The highest BCUT2D eigenvalue weighted by molar-refractivity contribution is 6.31. The molecule has 0 radical (unpaired) electrons. The summed E-state index contributed by atoms with van der Waals surface area (Å²) in [7, 11) is 1.73. The van der Waals surface area contributed by atoms with E-state index in [0.717, 1.165) is 17.7 Å². The molecule has 0 saturated carbocycles. The van der Waals surface area contributed by atoms with Crippen molar-refractivity contribution in [1.29, 1.82) is 0 Å². The molecular weight excluding hydrogens is 312 g/mol. The van der Waals surface area contributed by atoms with Gasteiger partial charge in [0.2, 0.25) is 0 Å². The van der Waals surface area contributed by atoms with Gasteiger partial charge >= 0.3 is 6.03 Å². The van der Waals surface area contributed by atoms with E-state index < -0.39 is 0 Å². The summed E-state index contributed by atoms with van der Waals surface area (Å²) in [6, 6.07) is 14.7. The average molecular weight is 333 g/mol. The average Bonchev–Trinajstić information content (AvgIpc) is 2.55. The molecule has 2 rings (SSSR count). The zero-order chi connectivity index (χ0) is 16.7. The van der Waals surface area contributed by atoms with Gasteiger partial charge in [-0.15, -0.1) is 0 Å². The minimum absolute atomic E-state index is 0.197. The van der Waals surface area contributed by atoms with Crippen LogP contribution in [0.4, 0.5) is 10.5 Å². The third-order valence-electron chi connectivity index (χ3n) is 3.27. The lowest BCUT2D eigenvalue weighted by Crippen LogP contribution is -2.30. The van der Waals surface area contributed by atoms with E-state index in [0.29, 0.717) is 23.9 Å². The van der Waals surface area contributed by atoms with Crippen LogP contribution in [0.5, 0.6) is 5.75 Å². The Hall–Kier alpha value is -2.20. The van der Waals surface area contributed by atoms with Crippen molar-refractivity contribution in [3.05, 3.63) is 59.1 Å². The molecule has 23 heavy (non-hydrogen) atoms. The zero-order valence-electron chi connectivity index (χ0n) is 13.4. The predicted molar refractivity (Wildman–Crippen MR) is 94.2 cm³/mol. The summed E-state index contributed by atoms with van der Waals surface area (Å²) in [5, 5.41) is 3.52. The summed E-state index contributed by atoms with van der Waals surface area (Å²) >= 11 is 6.13. The van der Waals surface area contributed by atoms with Gasteiger partial charge in [-0.2, -0.15) is 0 Å². The lowest BCUT2D eigenvalue weighted by molar-refractivity contribution is 0.220. The molecule has 1 N–H and O–H groups in total. The number of rotatable bonds is 6. The summed E-state index contributed by atoms with van der Waals surface area (Å²) in [6.45, 7) is 3.15. The van der Waals surface area contributed by atoms with Crippen LogP contribution in [0.15, 0.2) is 48.5 Å². The Morgan fingerprint density at radius 3 is 2.74 bits per heavy atom. The zero-order valence-corrected chi connectivity index (χ0v) is 14.1. The molecule has 122 valence electrons. The highest BCUT2D eigenvalue weighted by Crippen LogP contribution is 2.19. The van der Waals surface area contributed by atoms with E-state index in [1.165, 1.54) is 0 Å². The number of hydrogen-bond acceptors (Lipinski definition) is 2. The summed E-state index contributed by atoms with van der Waals surface area (Å²) in [5.74, 6) is 0.749. The smallest absolute Gasteiger partial charge is 0.321 e. The molecule has 0 atom stereocenters. The Morgan fingerprint density at radius 2 is 2.00 bits per heavy atom. The molecule has 2 amide bonds. The molecular formula is C18H21ClN2O2. The maximum absolute atomic E-state index is 12.3. The van der Waals surface area contributed by atoms with Crippen LogP contribution >= 0.6 is 11.6 Å². The maximum atomic E-state index is 12.3. The monoisotopic (exact) mass is 332 g/mol. The van der Waals surface area contributed by atoms with Crippen LogP contribution in [0.2, 0.25) is 5.02 Å². The van der Waals surface area contributed by atoms with Crippen LogP contribution in [0.3, 0.4) is 0 Å². The molecule has 0 spiro atoms. The van der Waals surface area contributed by atoms with E-state index in [1.54, 1.807) is 11.9 Å². The van der Waals surface area contributed by atoms with Crippen molar-refractivity contribution in [3.63, 3.8) is 0 Å². The topological polar surface area (TPSA) is 41.6 Å². The third-order valence-corrected chi connectivity index (χ3v) is 3.64. The molecule has 0 heterocycles. The number of nitrogens with zero attached hydrogens (tertiary/aromatic N) is 1. The van der Waals surface area contributed by atoms with Gasteiger partial charge in [-0.25, -0.2) is 4.79 Å². The largest absolute Gasteiger partial charge is 0.494 e. The number of ether oxygens (including phenoxy) is 1. The van der Waals surface area contributed by atoms with Gasteiger partial charge in [-0.1, -0.05) is 42.8 Å². The van der Waals surface area contributed by atoms with Gasteiger partial charge in [0.25, 0.3) is 0 Å². The van der Waals surface area contributed by atoms with Gasteiger partial charge in [0.15, 0.2) is 0 Å². The van der Waals surface area contributed by atoms with Crippen LogP contribution in [-0.4, -0.2) is 24.6 Å². The second kappa shape index (κ2) is 8.44. The number of anilines is 1. The number of halogens is 1. The Bertz CT molecular complexity index is 661. The normalized spacial score (nSPS) is 10.2. The number of benzene rings is 2. The van der Waals surface area contributed by atoms with Crippen LogP contribution in [0.1, 0.15) is 18.9 Å². The van der Waals surface area contributed by atoms with E-state index in [2.05, 4.69) is 12.2 Å². The molecule has 4 nitrogen and oxygen atoms in total. The standard InChI is InChI=1S/C18H21ClN2O2/c1-3-11-23-16-9-6-8-15(12-16)20-18(22)21(2)13-14-7-4-5-10-17(14)19/h4-10,12H,3,11,13H2,1-2H3,(H,20,22). The molecule has 0 aliphatic heterocycles. The summed E-state index contributed by atoms with van der Waals surface area (Å²) in [4.78, 5) is 13.9. The van der Waals surface area contributed by atoms with E-state index in [4.69, 9.17) is 16.3 Å². The van der Waals surface area contributed by atoms with E-state index in [9.17, 15) is 4.79 Å². The fourth-order valence-electron chi connectivity index (χ4n) is 2.06. The minimum atomic E-state index is -0.197. The van der Waals surface area contributed by atoms with Crippen LogP contribution < -0.4 is 10.1 Å². The third kappa shape index (κ3) is 5.18. The van der Waals surface area contributed by atoms with Crippen molar-refractivity contribution in [3.8, 4) is 5.75 Å². The molecule has 0 saturated heterocycles. The maximum Gasteiger partial charge on any atom is 0.321 e.